The van der Waals surface area contributed by atoms with Gasteiger partial charge in [0.05, 0.1) is 12.4 Å². The molecule has 4 heteroatoms. The number of hydrogen-bond donors (Lipinski definition) is 1. The molecule has 0 unspecified atom stereocenters. The number of pyridine rings is 2. The van der Waals surface area contributed by atoms with E-state index in [0.717, 1.165) is 12.0 Å². The van der Waals surface area contributed by atoms with E-state index in [9.17, 15) is 0 Å². The fourth-order valence-electron chi connectivity index (χ4n) is 1.37. The molecule has 0 amide bonds. The van der Waals surface area contributed by atoms with E-state index in [4.69, 9.17) is 10.5 Å². The van der Waals surface area contributed by atoms with Gasteiger partial charge in [-0.25, -0.2) is 0 Å². The summed E-state index contributed by atoms with van der Waals surface area (Å²) in [5, 5.41) is 0. The summed E-state index contributed by atoms with van der Waals surface area (Å²) in [6, 6.07) is 5.61. The molecule has 2 N–H and O–H groups in total. The molecule has 0 saturated carbocycles. The van der Waals surface area contributed by atoms with E-state index in [1.165, 1.54) is 0 Å². The first-order valence-corrected chi connectivity index (χ1v) is 5.10. The molecule has 0 saturated heterocycles. The molecule has 2 rings (SSSR count). The van der Waals surface area contributed by atoms with Gasteiger partial charge in [-0.15, -0.1) is 0 Å². The Kier molecular flexibility index (Phi) is 3.46. The van der Waals surface area contributed by atoms with Crippen molar-refractivity contribution >= 4 is 0 Å². The van der Waals surface area contributed by atoms with Crippen molar-refractivity contribution in [1.82, 2.24) is 9.97 Å². The quantitative estimate of drug-likeness (QED) is 0.844. The van der Waals surface area contributed by atoms with Crippen molar-refractivity contribution in [2.24, 2.45) is 5.73 Å². The molecule has 0 atom stereocenters. The van der Waals surface area contributed by atoms with Crippen LogP contribution in [0.15, 0.2) is 43.0 Å². The molecule has 0 bridgehead atoms. The van der Waals surface area contributed by atoms with Crippen molar-refractivity contribution in [3.8, 4) is 11.5 Å². The summed E-state index contributed by atoms with van der Waals surface area (Å²) < 4.78 is 5.60. The average Bonchev–Trinajstić information content (AvgIpc) is 2.31. The third-order valence-corrected chi connectivity index (χ3v) is 2.07. The van der Waals surface area contributed by atoms with Crippen LogP contribution >= 0.6 is 0 Å². The van der Waals surface area contributed by atoms with Crippen LogP contribution in [0.5, 0.6) is 11.5 Å². The van der Waals surface area contributed by atoms with Gasteiger partial charge in [-0.3, -0.25) is 9.97 Å². The Labute approximate surface area is 94.1 Å². The predicted octanol–water partition coefficient (Wildman–Crippen LogP) is 1.77. The normalized spacial score (nSPS) is 10.1. The Morgan fingerprint density at radius 2 is 2.00 bits per heavy atom. The molecule has 2 aromatic heterocycles. The minimum atomic E-state index is 0.609. The van der Waals surface area contributed by atoms with Gasteiger partial charge >= 0.3 is 0 Å². The summed E-state index contributed by atoms with van der Waals surface area (Å²) in [6.07, 6.45) is 7.64. The number of hydrogen-bond acceptors (Lipinski definition) is 4. The Morgan fingerprint density at radius 1 is 1.12 bits per heavy atom. The molecule has 82 valence electrons. The van der Waals surface area contributed by atoms with Crippen molar-refractivity contribution in [3.63, 3.8) is 0 Å². The number of aromatic nitrogens is 2. The standard InChI is InChI=1S/C12H13N3O/c13-4-3-10-6-12(9-15-7-10)16-11-2-1-5-14-8-11/h1-2,5-9H,3-4,13H2. The second-order valence-electron chi connectivity index (χ2n) is 3.36. The number of rotatable bonds is 4. The summed E-state index contributed by atoms with van der Waals surface area (Å²) in [7, 11) is 0. The van der Waals surface area contributed by atoms with Crippen molar-refractivity contribution in [3.05, 3.63) is 48.5 Å². The van der Waals surface area contributed by atoms with Crippen LogP contribution in [0.25, 0.3) is 0 Å². The third kappa shape index (κ3) is 2.77. The van der Waals surface area contributed by atoms with E-state index in [-0.39, 0.29) is 0 Å². The first-order valence-electron chi connectivity index (χ1n) is 5.10. The zero-order valence-electron chi connectivity index (χ0n) is 8.84. The predicted molar refractivity (Wildman–Crippen MR) is 61.3 cm³/mol. The third-order valence-electron chi connectivity index (χ3n) is 2.07. The van der Waals surface area contributed by atoms with Gasteiger partial charge in [-0.05, 0) is 36.7 Å². The molecule has 0 spiro atoms. The monoisotopic (exact) mass is 215 g/mol. The van der Waals surface area contributed by atoms with E-state index in [1.807, 2.05) is 18.2 Å². The van der Waals surface area contributed by atoms with Crippen LogP contribution in [0.4, 0.5) is 0 Å². The lowest BCUT2D eigenvalue weighted by Gasteiger charge is -2.05. The summed E-state index contributed by atoms with van der Waals surface area (Å²) >= 11 is 0. The summed E-state index contributed by atoms with van der Waals surface area (Å²) in [5.41, 5.74) is 6.56. The minimum absolute atomic E-state index is 0.609. The van der Waals surface area contributed by atoms with Crippen LogP contribution in [0.2, 0.25) is 0 Å². The van der Waals surface area contributed by atoms with E-state index in [0.29, 0.717) is 18.0 Å². The first kappa shape index (κ1) is 10.6. The van der Waals surface area contributed by atoms with E-state index >= 15 is 0 Å². The zero-order valence-corrected chi connectivity index (χ0v) is 8.84. The minimum Gasteiger partial charge on any atom is -0.454 e. The Hall–Kier alpha value is -1.94. The lowest BCUT2D eigenvalue weighted by molar-refractivity contribution is 0.477. The maximum absolute atomic E-state index is 5.60. The van der Waals surface area contributed by atoms with Gasteiger partial charge in [0.15, 0.2) is 0 Å². The topological polar surface area (TPSA) is 61.0 Å². The van der Waals surface area contributed by atoms with Gasteiger partial charge in [0, 0.05) is 12.4 Å². The second kappa shape index (κ2) is 5.23. The van der Waals surface area contributed by atoms with E-state index in [2.05, 4.69) is 9.97 Å². The Bertz CT molecular complexity index is 445. The van der Waals surface area contributed by atoms with Crippen LogP contribution in [-0.2, 0) is 6.42 Å². The molecule has 4 nitrogen and oxygen atoms in total. The highest BCUT2D eigenvalue weighted by Crippen LogP contribution is 2.19. The van der Waals surface area contributed by atoms with Gasteiger partial charge in [0.25, 0.3) is 0 Å². The molecule has 0 aromatic carbocycles. The maximum atomic E-state index is 5.60. The lowest BCUT2D eigenvalue weighted by atomic mass is 10.2. The smallest absolute Gasteiger partial charge is 0.146 e. The van der Waals surface area contributed by atoms with Crippen LogP contribution in [-0.4, -0.2) is 16.5 Å². The van der Waals surface area contributed by atoms with Crippen molar-refractivity contribution in [2.45, 2.75) is 6.42 Å². The largest absolute Gasteiger partial charge is 0.454 e. The molecule has 0 aliphatic carbocycles. The summed E-state index contributed by atoms with van der Waals surface area (Å²) in [4.78, 5) is 8.07. The van der Waals surface area contributed by atoms with Crippen LogP contribution in [0.1, 0.15) is 5.56 Å². The highest BCUT2D eigenvalue weighted by atomic mass is 16.5. The van der Waals surface area contributed by atoms with E-state index in [1.54, 1.807) is 24.8 Å². The molecule has 0 fully saturated rings. The van der Waals surface area contributed by atoms with Gasteiger partial charge in [-0.1, -0.05) is 0 Å². The number of nitrogens with two attached hydrogens (primary N) is 1. The highest BCUT2D eigenvalue weighted by Gasteiger charge is 1.99. The number of ether oxygens (including phenoxy) is 1. The van der Waals surface area contributed by atoms with Gasteiger partial charge < -0.3 is 10.5 Å². The van der Waals surface area contributed by atoms with Gasteiger partial charge in [0.2, 0.25) is 0 Å². The SMILES string of the molecule is NCCc1cncc(Oc2cccnc2)c1. The molecule has 2 heterocycles. The van der Waals surface area contributed by atoms with Crippen LogP contribution in [0.3, 0.4) is 0 Å². The highest BCUT2D eigenvalue weighted by molar-refractivity contribution is 5.29. The van der Waals surface area contributed by atoms with Gasteiger partial charge in [-0.2, -0.15) is 0 Å². The van der Waals surface area contributed by atoms with Crippen molar-refractivity contribution in [2.75, 3.05) is 6.54 Å². The molecule has 2 aromatic rings. The van der Waals surface area contributed by atoms with Crippen molar-refractivity contribution in [1.29, 1.82) is 0 Å². The molecule has 16 heavy (non-hydrogen) atoms. The zero-order chi connectivity index (χ0) is 11.2. The fraction of sp³-hybridized carbons (Fsp3) is 0.167. The van der Waals surface area contributed by atoms with Crippen LogP contribution in [0, 0.1) is 0 Å². The molecule has 0 aliphatic rings. The van der Waals surface area contributed by atoms with Crippen molar-refractivity contribution < 1.29 is 4.74 Å². The first-order chi connectivity index (χ1) is 7.88. The molecular weight excluding hydrogens is 202 g/mol. The Balaban J connectivity index is 2.12. The maximum Gasteiger partial charge on any atom is 0.146 e. The van der Waals surface area contributed by atoms with Crippen LogP contribution < -0.4 is 10.5 Å². The summed E-state index contributed by atoms with van der Waals surface area (Å²) in [6.45, 7) is 0.609. The lowest BCUT2D eigenvalue weighted by Crippen LogP contribution is -2.03. The van der Waals surface area contributed by atoms with Gasteiger partial charge in [0.1, 0.15) is 11.5 Å². The Morgan fingerprint density at radius 3 is 2.75 bits per heavy atom. The number of nitrogens with zero attached hydrogens (tertiary/aromatic N) is 2. The second-order valence-corrected chi connectivity index (χ2v) is 3.36. The molecule has 0 radical (unpaired) electrons. The average molecular weight is 215 g/mol. The molecular formula is C12H13N3O. The summed E-state index contributed by atoms with van der Waals surface area (Å²) in [5.74, 6) is 1.41. The van der Waals surface area contributed by atoms with E-state index < -0.39 is 0 Å². The fourth-order valence-corrected chi connectivity index (χ4v) is 1.37. The molecule has 0 aliphatic heterocycles.